The highest BCUT2D eigenvalue weighted by Gasteiger charge is 2.32. The second-order valence-corrected chi connectivity index (χ2v) is 3.92. The summed E-state index contributed by atoms with van der Waals surface area (Å²) in [6.45, 7) is 0.222. The first-order valence-electron chi connectivity index (χ1n) is 5.26. The van der Waals surface area contributed by atoms with E-state index in [1.807, 2.05) is 0 Å². The predicted molar refractivity (Wildman–Crippen MR) is 60.4 cm³/mol. The van der Waals surface area contributed by atoms with E-state index in [9.17, 15) is 17.6 Å². The Morgan fingerprint density at radius 2 is 2.00 bits per heavy atom. The van der Waals surface area contributed by atoms with Crippen molar-refractivity contribution >= 4 is 17.4 Å². The van der Waals surface area contributed by atoms with Gasteiger partial charge in [0.1, 0.15) is 12.9 Å². The van der Waals surface area contributed by atoms with Gasteiger partial charge in [0.15, 0.2) is 11.6 Å². The fourth-order valence-electron chi connectivity index (χ4n) is 1.44. The smallest absolute Gasteiger partial charge is 0.344 e. The number of halogens is 5. The number of anilines is 1. The van der Waals surface area contributed by atoms with Gasteiger partial charge >= 0.3 is 6.18 Å². The van der Waals surface area contributed by atoms with E-state index in [0.29, 0.717) is 0 Å². The molecule has 18 heavy (non-hydrogen) atoms. The number of hydrogen-bond acceptors (Lipinski definition) is 3. The molecule has 0 N–H and O–H groups in total. The first kappa shape index (κ1) is 14.9. The van der Waals surface area contributed by atoms with Gasteiger partial charge in [0.2, 0.25) is 0 Å². The predicted octanol–water partition coefficient (Wildman–Crippen LogP) is 2.79. The Hall–Kier alpha value is -1.11. The summed E-state index contributed by atoms with van der Waals surface area (Å²) in [5, 5.41) is 0. The van der Waals surface area contributed by atoms with Crippen LogP contribution in [-0.2, 0) is 6.42 Å². The summed E-state index contributed by atoms with van der Waals surface area (Å²) in [5.41, 5.74) is 0.0850. The number of rotatable bonds is 5. The van der Waals surface area contributed by atoms with Crippen LogP contribution in [0.3, 0.4) is 0 Å². The van der Waals surface area contributed by atoms with Crippen molar-refractivity contribution < 1.29 is 17.6 Å². The summed E-state index contributed by atoms with van der Waals surface area (Å²) in [7, 11) is 0. The van der Waals surface area contributed by atoms with Gasteiger partial charge in [-0.2, -0.15) is 13.2 Å². The molecule has 1 heterocycles. The van der Waals surface area contributed by atoms with Crippen LogP contribution in [0.5, 0.6) is 0 Å². The Kier molecular flexibility index (Phi) is 5.13. The van der Waals surface area contributed by atoms with Crippen LogP contribution in [0, 0.1) is 5.82 Å². The summed E-state index contributed by atoms with van der Waals surface area (Å²) in [6, 6.07) is 0. The zero-order valence-corrected chi connectivity index (χ0v) is 10.4. The van der Waals surface area contributed by atoms with E-state index in [0.717, 1.165) is 11.2 Å². The molecule has 0 aliphatic rings. The molecule has 1 aromatic rings. The van der Waals surface area contributed by atoms with Gasteiger partial charge < -0.3 is 4.90 Å². The summed E-state index contributed by atoms with van der Waals surface area (Å²) >= 11 is 5.43. The van der Waals surface area contributed by atoms with Gasteiger partial charge in [-0.25, -0.2) is 14.4 Å². The largest absolute Gasteiger partial charge is 0.405 e. The van der Waals surface area contributed by atoms with E-state index in [1.54, 1.807) is 6.92 Å². The number of hydrogen-bond donors (Lipinski definition) is 0. The molecule has 0 radical (unpaired) electrons. The average Bonchev–Trinajstić information content (AvgIpc) is 2.27. The van der Waals surface area contributed by atoms with E-state index in [-0.39, 0.29) is 30.4 Å². The first-order chi connectivity index (χ1) is 8.39. The van der Waals surface area contributed by atoms with Gasteiger partial charge in [-0.1, -0.05) is 6.92 Å². The molecule has 0 bridgehead atoms. The van der Waals surface area contributed by atoms with Crippen molar-refractivity contribution in [2.45, 2.75) is 19.5 Å². The molecule has 0 spiro atoms. The average molecular weight is 286 g/mol. The maximum Gasteiger partial charge on any atom is 0.405 e. The lowest BCUT2D eigenvalue weighted by atomic mass is 10.3. The molecule has 1 aromatic heterocycles. The third kappa shape index (κ3) is 3.97. The molecule has 0 fully saturated rings. The fraction of sp³-hybridized carbons (Fsp3) is 0.600. The van der Waals surface area contributed by atoms with Gasteiger partial charge in [0.25, 0.3) is 0 Å². The lowest BCUT2D eigenvalue weighted by Gasteiger charge is -2.24. The number of aromatic nitrogens is 2. The van der Waals surface area contributed by atoms with Crippen molar-refractivity contribution in [3.63, 3.8) is 0 Å². The van der Waals surface area contributed by atoms with Crippen molar-refractivity contribution in [1.82, 2.24) is 9.97 Å². The second kappa shape index (κ2) is 6.17. The zero-order chi connectivity index (χ0) is 13.8. The van der Waals surface area contributed by atoms with Gasteiger partial charge in [-0.05, 0) is 6.42 Å². The van der Waals surface area contributed by atoms with E-state index < -0.39 is 18.5 Å². The molecule has 0 amide bonds. The maximum atomic E-state index is 13.8. The minimum atomic E-state index is -4.45. The summed E-state index contributed by atoms with van der Waals surface area (Å²) in [4.78, 5) is 8.01. The van der Waals surface area contributed by atoms with E-state index in [4.69, 9.17) is 11.6 Å². The normalized spacial score (nSPS) is 11.7. The van der Waals surface area contributed by atoms with Crippen LogP contribution in [-0.4, -0.2) is 35.1 Å². The number of aryl methyl sites for hydroxylation is 1. The van der Waals surface area contributed by atoms with Crippen LogP contribution >= 0.6 is 11.6 Å². The first-order valence-corrected chi connectivity index (χ1v) is 5.79. The van der Waals surface area contributed by atoms with Gasteiger partial charge in [-0.15, -0.1) is 11.6 Å². The number of nitrogens with zero attached hydrogens (tertiary/aromatic N) is 3. The van der Waals surface area contributed by atoms with Crippen molar-refractivity contribution in [1.29, 1.82) is 0 Å². The summed E-state index contributed by atoms with van der Waals surface area (Å²) in [5.74, 6) is -1.24. The minimum Gasteiger partial charge on any atom is -0.344 e. The molecule has 1 rings (SSSR count). The Labute approximate surface area is 107 Å². The molecule has 3 nitrogen and oxygen atoms in total. The Bertz CT molecular complexity index is 397. The Morgan fingerprint density at radius 1 is 1.33 bits per heavy atom. The highest BCUT2D eigenvalue weighted by Crippen LogP contribution is 2.23. The Balaban J connectivity index is 3.05. The van der Waals surface area contributed by atoms with E-state index >= 15 is 0 Å². The summed E-state index contributed by atoms with van der Waals surface area (Å²) in [6.07, 6.45) is -3.12. The quantitative estimate of drug-likeness (QED) is 0.615. The van der Waals surface area contributed by atoms with Crippen LogP contribution in [0.1, 0.15) is 12.6 Å². The summed E-state index contributed by atoms with van der Waals surface area (Å²) < 4.78 is 51.0. The standard InChI is InChI=1S/C10H12ClF4N3/c1-2-7-8(12)9(17-6-16-7)18(4-3-11)5-10(13,14)15/h6H,2-5H2,1H3. The highest BCUT2D eigenvalue weighted by atomic mass is 35.5. The third-order valence-electron chi connectivity index (χ3n) is 2.20. The van der Waals surface area contributed by atoms with Crippen LogP contribution in [0.25, 0.3) is 0 Å². The van der Waals surface area contributed by atoms with Crippen molar-refractivity contribution in [2.24, 2.45) is 0 Å². The molecule has 0 atom stereocenters. The SMILES string of the molecule is CCc1ncnc(N(CCCl)CC(F)(F)F)c1F. The van der Waals surface area contributed by atoms with Crippen molar-refractivity contribution in [2.75, 3.05) is 23.9 Å². The highest BCUT2D eigenvalue weighted by molar-refractivity contribution is 6.18. The molecular weight excluding hydrogens is 274 g/mol. The molecule has 8 heteroatoms. The van der Waals surface area contributed by atoms with Gasteiger partial charge in [-0.3, -0.25) is 0 Å². The molecule has 0 saturated heterocycles. The molecular formula is C10H12ClF4N3. The van der Waals surface area contributed by atoms with Crippen molar-refractivity contribution in [3.05, 3.63) is 17.8 Å². The number of alkyl halides is 4. The molecule has 102 valence electrons. The van der Waals surface area contributed by atoms with Crippen LogP contribution in [0.2, 0.25) is 0 Å². The van der Waals surface area contributed by atoms with Gasteiger partial charge in [0.05, 0.1) is 5.69 Å². The van der Waals surface area contributed by atoms with E-state index in [1.165, 1.54) is 0 Å². The lowest BCUT2D eigenvalue weighted by Crippen LogP contribution is -2.37. The Morgan fingerprint density at radius 3 is 2.50 bits per heavy atom. The topological polar surface area (TPSA) is 29.0 Å². The molecule has 0 aromatic carbocycles. The fourth-order valence-corrected chi connectivity index (χ4v) is 1.64. The zero-order valence-electron chi connectivity index (χ0n) is 9.64. The second-order valence-electron chi connectivity index (χ2n) is 3.54. The minimum absolute atomic E-state index is 0.0546. The van der Waals surface area contributed by atoms with Crippen LogP contribution in [0.15, 0.2) is 6.33 Å². The van der Waals surface area contributed by atoms with Crippen LogP contribution in [0.4, 0.5) is 23.4 Å². The molecule has 0 aliphatic heterocycles. The van der Waals surface area contributed by atoms with Crippen LogP contribution < -0.4 is 4.90 Å². The van der Waals surface area contributed by atoms with E-state index in [2.05, 4.69) is 9.97 Å². The van der Waals surface area contributed by atoms with Crippen molar-refractivity contribution in [3.8, 4) is 0 Å². The molecule has 0 unspecified atom stereocenters. The monoisotopic (exact) mass is 285 g/mol. The third-order valence-corrected chi connectivity index (χ3v) is 2.37. The van der Waals surface area contributed by atoms with Gasteiger partial charge in [0, 0.05) is 12.4 Å². The molecule has 0 aliphatic carbocycles. The lowest BCUT2D eigenvalue weighted by molar-refractivity contribution is -0.119. The molecule has 0 saturated carbocycles. The maximum absolute atomic E-state index is 13.8.